The largest absolute Gasteiger partial charge is 0.396 e. The lowest BCUT2D eigenvalue weighted by Crippen LogP contribution is -2.51. The Morgan fingerprint density at radius 1 is 1.19 bits per heavy atom. The number of fused-ring (bicyclic) bond motifs is 7. The molecule has 2 unspecified atom stereocenters. The highest BCUT2D eigenvalue weighted by Crippen LogP contribution is 2.70. The summed E-state index contributed by atoms with van der Waals surface area (Å²) in [4.78, 5) is 0. The van der Waals surface area contributed by atoms with Crippen LogP contribution in [0.15, 0.2) is 11.6 Å². The molecule has 4 fully saturated rings. The third-order valence-corrected chi connectivity index (χ3v) is 11.1. The van der Waals surface area contributed by atoms with Crippen LogP contribution >= 0.6 is 0 Å². The minimum absolute atomic E-state index is 0.143. The van der Waals surface area contributed by atoms with Gasteiger partial charge in [0.05, 0.1) is 12.2 Å². The van der Waals surface area contributed by atoms with Gasteiger partial charge >= 0.3 is 0 Å². The maximum absolute atomic E-state index is 11.4. The number of ether oxygens (including phenoxy) is 1. The van der Waals surface area contributed by atoms with Gasteiger partial charge in [-0.2, -0.15) is 0 Å². The van der Waals surface area contributed by atoms with Crippen molar-refractivity contribution in [2.45, 2.75) is 103 Å². The first-order chi connectivity index (χ1) is 14.6. The van der Waals surface area contributed by atoms with E-state index in [1.165, 1.54) is 18.4 Å². The molecular weight excluding hydrogens is 388 g/mol. The van der Waals surface area contributed by atoms with E-state index in [4.69, 9.17) is 4.74 Å². The second-order valence-corrected chi connectivity index (χ2v) is 12.6. The highest BCUT2D eigenvalue weighted by atomic mass is 16.6. The smallest absolute Gasteiger partial charge is 0.168 e. The molecule has 3 saturated carbocycles. The van der Waals surface area contributed by atoms with Gasteiger partial charge in [0.25, 0.3) is 0 Å². The normalized spacial score (nSPS) is 54.4. The number of hydrogen-bond acceptors (Lipinski definition) is 4. The summed E-state index contributed by atoms with van der Waals surface area (Å²) in [5.74, 6) is 1.87. The van der Waals surface area contributed by atoms with Gasteiger partial charge in [-0.1, -0.05) is 39.3 Å². The Hall–Kier alpha value is -0.420. The molecule has 0 radical (unpaired) electrons. The molecule has 0 aromatic rings. The monoisotopic (exact) mass is 432 g/mol. The molecule has 0 aromatic carbocycles. The van der Waals surface area contributed by atoms with E-state index in [2.05, 4.69) is 26.8 Å². The van der Waals surface area contributed by atoms with Crippen molar-refractivity contribution in [3.8, 4) is 0 Å². The second-order valence-electron chi connectivity index (χ2n) is 12.6. The molecular formula is C27H44O4. The van der Waals surface area contributed by atoms with Crippen LogP contribution in [-0.2, 0) is 4.74 Å². The van der Waals surface area contributed by atoms with Gasteiger partial charge in [0.15, 0.2) is 5.79 Å². The third kappa shape index (κ3) is 3.22. The molecule has 4 aliphatic carbocycles. The van der Waals surface area contributed by atoms with E-state index in [9.17, 15) is 15.3 Å². The zero-order chi connectivity index (χ0) is 22.2. The average molecular weight is 433 g/mol. The number of aliphatic hydroxyl groups is 3. The Kier molecular flexibility index (Phi) is 5.45. The maximum Gasteiger partial charge on any atom is 0.168 e. The van der Waals surface area contributed by atoms with Crippen molar-refractivity contribution in [1.29, 1.82) is 0 Å². The summed E-state index contributed by atoms with van der Waals surface area (Å²) in [6.45, 7) is 9.42. The molecule has 5 rings (SSSR count). The van der Waals surface area contributed by atoms with Crippen molar-refractivity contribution in [2.24, 2.45) is 46.3 Å². The van der Waals surface area contributed by atoms with Gasteiger partial charge in [0.1, 0.15) is 0 Å². The summed E-state index contributed by atoms with van der Waals surface area (Å²) in [7, 11) is 0. The Morgan fingerprint density at radius 2 is 1.97 bits per heavy atom. The van der Waals surface area contributed by atoms with Gasteiger partial charge in [-0.25, -0.2) is 0 Å². The number of aliphatic hydroxyl groups excluding tert-OH is 2. The first-order valence-electron chi connectivity index (χ1n) is 13.0. The molecule has 0 aromatic heterocycles. The zero-order valence-electron chi connectivity index (χ0n) is 20.0. The van der Waals surface area contributed by atoms with Crippen LogP contribution in [-0.4, -0.2) is 39.9 Å². The van der Waals surface area contributed by atoms with Crippen molar-refractivity contribution in [3.63, 3.8) is 0 Å². The van der Waals surface area contributed by atoms with Crippen LogP contribution in [0.3, 0.4) is 0 Å². The fourth-order valence-electron chi connectivity index (χ4n) is 9.16. The van der Waals surface area contributed by atoms with Gasteiger partial charge in [-0.15, -0.1) is 0 Å². The van der Waals surface area contributed by atoms with Crippen LogP contribution in [0, 0.1) is 46.3 Å². The van der Waals surface area contributed by atoms with Gasteiger partial charge in [0.2, 0.25) is 0 Å². The van der Waals surface area contributed by atoms with E-state index >= 15 is 0 Å². The van der Waals surface area contributed by atoms with Crippen molar-refractivity contribution < 1.29 is 20.1 Å². The number of rotatable bonds is 4. The van der Waals surface area contributed by atoms with Crippen LogP contribution in [0.4, 0.5) is 0 Å². The molecule has 4 heteroatoms. The van der Waals surface area contributed by atoms with Gasteiger partial charge in [0, 0.05) is 18.9 Å². The fourth-order valence-corrected chi connectivity index (χ4v) is 9.16. The lowest BCUT2D eigenvalue weighted by atomic mass is 9.47. The summed E-state index contributed by atoms with van der Waals surface area (Å²) in [6.07, 6.45) is 11.7. The lowest BCUT2D eigenvalue weighted by molar-refractivity contribution is -0.220. The van der Waals surface area contributed by atoms with Crippen molar-refractivity contribution in [3.05, 3.63) is 11.6 Å². The van der Waals surface area contributed by atoms with Crippen molar-refractivity contribution in [2.75, 3.05) is 6.61 Å². The highest BCUT2D eigenvalue weighted by Gasteiger charge is 2.67. The molecule has 4 nitrogen and oxygen atoms in total. The molecule has 0 bridgehead atoms. The standard InChI is InChI=1S/C27H44O4/c1-16(15-28)7-12-27(30)17(2)24-23(31-27)14-22-20-6-5-18-13-19(29)8-10-25(18,3)21(20)9-11-26(22,24)4/h5,16-17,19-24,28-30H,6-15H2,1-4H3/t16?,17-,19?,20+,21-,22-,23-,24-,25-,26-,27+/m0/s1. The summed E-state index contributed by atoms with van der Waals surface area (Å²) in [5, 5.41) is 31.1. The lowest BCUT2D eigenvalue weighted by Gasteiger charge is -2.58. The summed E-state index contributed by atoms with van der Waals surface area (Å²) in [6, 6.07) is 0. The Bertz CT molecular complexity index is 735. The number of allylic oxidation sites excluding steroid dienone is 1. The molecule has 0 amide bonds. The van der Waals surface area contributed by atoms with Crippen molar-refractivity contribution >= 4 is 0 Å². The van der Waals surface area contributed by atoms with E-state index in [1.807, 2.05) is 6.92 Å². The zero-order valence-corrected chi connectivity index (χ0v) is 20.0. The Morgan fingerprint density at radius 3 is 2.71 bits per heavy atom. The van der Waals surface area contributed by atoms with Gasteiger partial charge in [-0.05, 0) is 91.8 Å². The molecule has 3 N–H and O–H groups in total. The van der Waals surface area contributed by atoms with E-state index in [-0.39, 0.29) is 41.5 Å². The predicted molar refractivity (Wildman–Crippen MR) is 121 cm³/mol. The molecule has 1 heterocycles. The fraction of sp³-hybridized carbons (Fsp3) is 0.926. The van der Waals surface area contributed by atoms with Crippen LogP contribution in [0.2, 0.25) is 0 Å². The first kappa shape index (κ1) is 22.4. The summed E-state index contributed by atoms with van der Waals surface area (Å²) >= 11 is 0. The van der Waals surface area contributed by atoms with E-state index in [0.717, 1.165) is 44.4 Å². The number of hydrogen-bond donors (Lipinski definition) is 3. The molecule has 5 aliphatic rings. The highest BCUT2D eigenvalue weighted by molar-refractivity contribution is 5.26. The Labute approximate surface area is 188 Å². The quantitative estimate of drug-likeness (QED) is 0.565. The van der Waals surface area contributed by atoms with Crippen LogP contribution in [0.25, 0.3) is 0 Å². The average Bonchev–Trinajstić information content (AvgIpc) is 3.17. The minimum atomic E-state index is -1.03. The van der Waals surface area contributed by atoms with Crippen LogP contribution in [0.5, 0.6) is 0 Å². The van der Waals surface area contributed by atoms with E-state index in [0.29, 0.717) is 24.2 Å². The van der Waals surface area contributed by atoms with Crippen LogP contribution in [0.1, 0.15) is 85.5 Å². The third-order valence-electron chi connectivity index (χ3n) is 11.1. The predicted octanol–water partition coefficient (Wildman–Crippen LogP) is 4.67. The molecule has 31 heavy (non-hydrogen) atoms. The van der Waals surface area contributed by atoms with E-state index in [1.54, 1.807) is 0 Å². The van der Waals surface area contributed by atoms with Crippen molar-refractivity contribution in [1.82, 2.24) is 0 Å². The van der Waals surface area contributed by atoms with Gasteiger partial charge in [-0.3, -0.25) is 0 Å². The summed E-state index contributed by atoms with van der Waals surface area (Å²) in [5.41, 5.74) is 2.05. The molecule has 1 saturated heterocycles. The second kappa shape index (κ2) is 7.55. The minimum Gasteiger partial charge on any atom is -0.396 e. The molecule has 11 atom stereocenters. The molecule has 1 aliphatic heterocycles. The molecule has 0 spiro atoms. The van der Waals surface area contributed by atoms with Gasteiger partial charge < -0.3 is 20.1 Å². The summed E-state index contributed by atoms with van der Waals surface area (Å²) < 4.78 is 6.49. The SMILES string of the molecule is CC(CO)CC[C@@]1(O)O[C@H]2C[C@H]3[C@@H]4CC=C5CC(O)CC[C@]5(C)[C@H]4CC[C@]3(C)[C@H]2[C@@H]1C. The topological polar surface area (TPSA) is 69.9 Å². The molecule has 176 valence electrons. The van der Waals surface area contributed by atoms with E-state index < -0.39 is 5.79 Å². The van der Waals surface area contributed by atoms with Crippen LogP contribution < -0.4 is 0 Å². The maximum atomic E-state index is 11.4. The first-order valence-corrected chi connectivity index (χ1v) is 13.0. The Balaban J connectivity index is 1.37.